The summed E-state index contributed by atoms with van der Waals surface area (Å²) >= 11 is 11.4. The van der Waals surface area contributed by atoms with E-state index in [-0.39, 0.29) is 10.6 Å². The molecule has 1 aromatic carbocycles. The van der Waals surface area contributed by atoms with E-state index < -0.39 is 17.7 Å². The second-order valence-electron chi connectivity index (χ2n) is 3.52. The molecule has 0 amide bonds. The van der Waals surface area contributed by atoms with Gasteiger partial charge >= 0.3 is 5.97 Å². The third-order valence-electron chi connectivity index (χ3n) is 2.22. The number of carbonyl (C=O) groups is 1. The Kier molecular flexibility index (Phi) is 3.80. The summed E-state index contributed by atoms with van der Waals surface area (Å²) in [4.78, 5) is 10.7. The molecular weight excluding hydrogens is 255 g/mol. The van der Waals surface area contributed by atoms with Crippen LogP contribution in [0.2, 0.25) is 10.0 Å². The van der Waals surface area contributed by atoms with Gasteiger partial charge in [-0.1, -0.05) is 29.3 Å². The molecule has 6 heteroatoms. The fourth-order valence-corrected chi connectivity index (χ4v) is 1.65. The zero-order valence-electron chi connectivity index (χ0n) is 8.32. The lowest BCUT2D eigenvalue weighted by atomic mass is 9.93. The first-order chi connectivity index (χ1) is 7.26. The maximum atomic E-state index is 10.7. The number of hydrogen-bond acceptors (Lipinski definition) is 3. The Hall–Kier alpha value is -0.810. The predicted molar refractivity (Wildman–Crippen MR) is 59.7 cm³/mol. The number of carboxylic acids is 1. The van der Waals surface area contributed by atoms with Crippen molar-refractivity contribution in [3.63, 3.8) is 0 Å². The van der Waals surface area contributed by atoms with Crippen LogP contribution in [0.15, 0.2) is 18.2 Å². The normalized spacial score (nSPS) is 16.6. The zero-order chi connectivity index (χ0) is 12.5. The van der Waals surface area contributed by atoms with E-state index in [0.717, 1.165) is 6.92 Å². The van der Waals surface area contributed by atoms with E-state index in [0.29, 0.717) is 5.02 Å². The number of rotatable bonds is 3. The molecule has 0 aliphatic carbocycles. The molecule has 0 heterocycles. The molecule has 0 fully saturated rings. The number of halogens is 2. The minimum Gasteiger partial charge on any atom is -0.479 e. The van der Waals surface area contributed by atoms with Gasteiger partial charge in [-0.2, -0.15) is 0 Å². The summed E-state index contributed by atoms with van der Waals surface area (Å²) in [6.45, 7) is 0.991. The molecule has 3 N–H and O–H groups in total. The average Bonchev–Trinajstić information content (AvgIpc) is 2.16. The van der Waals surface area contributed by atoms with Gasteiger partial charge in [-0.25, -0.2) is 4.79 Å². The molecule has 1 aromatic rings. The van der Waals surface area contributed by atoms with Gasteiger partial charge in [0.05, 0.1) is 0 Å². The van der Waals surface area contributed by atoms with Crippen LogP contribution >= 0.6 is 23.2 Å². The van der Waals surface area contributed by atoms with E-state index in [1.165, 1.54) is 18.2 Å². The van der Waals surface area contributed by atoms with Crippen LogP contribution in [-0.4, -0.2) is 26.9 Å². The van der Waals surface area contributed by atoms with Gasteiger partial charge in [0.1, 0.15) is 6.10 Å². The molecule has 0 spiro atoms. The highest BCUT2D eigenvalue weighted by Crippen LogP contribution is 2.32. The van der Waals surface area contributed by atoms with Gasteiger partial charge in [-0.15, -0.1) is 0 Å². The van der Waals surface area contributed by atoms with E-state index in [9.17, 15) is 15.0 Å². The Morgan fingerprint density at radius 2 is 2.00 bits per heavy atom. The monoisotopic (exact) mass is 264 g/mol. The maximum Gasteiger partial charge on any atom is 0.338 e. The van der Waals surface area contributed by atoms with Crippen LogP contribution in [0, 0.1) is 0 Å². The first kappa shape index (κ1) is 13.3. The van der Waals surface area contributed by atoms with E-state index in [2.05, 4.69) is 0 Å². The van der Waals surface area contributed by atoms with Crippen molar-refractivity contribution in [3.05, 3.63) is 33.8 Å². The molecule has 4 nitrogen and oxygen atoms in total. The number of benzene rings is 1. The number of aliphatic hydroxyl groups is 2. The number of aliphatic carboxylic acids is 1. The minimum absolute atomic E-state index is 0.0986. The van der Waals surface area contributed by atoms with Crippen molar-refractivity contribution >= 4 is 29.2 Å². The first-order valence-corrected chi connectivity index (χ1v) is 5.11. The van der Waals surface area contributed by atoms with Gasteiger partial charge in [0.15, 0.2) is 5.60 Å². The van der Waals surface area contributed by atoms with Crippen molar-refractivity contribution in [2.24, 2.45) is 0 Å². The van der Waals surface area contributed by atoms with E-state index in [4.69, 9.17) is 28.3 Å². The van der Waals surface area contributed by atoms with Crippen LogP contribution in [0.1, 0.15) is 18.6 Å². The molecule has 1 unspecified atom stereocenters. The summed E-state index contributed by atoms with van der Waals surface area (Å²) in [5.41, 5.74) is -2.20. The Morgan fingerprint density at radius 1 is 1.44 bits per heavy atom. The second kappa shape index (κ2) is 4.59. The minimum atomic E-state index is -2.31. The first-order valence-electron chi connectivity index (χ1n) is 4.35. The predicted octanol–water partition coefficient (Wildman–Crippen LogP) is 1.86. The summed E-state index contributed by atoms with van der Waals surface area (Å²) in [6, 6.07) is 4.18. The third kappa shape index (κ3) is 2.47. The molecule has 0 aliphatic heterocycles. The molecule has 1 rings (SSSR count). The molecule has 0 saturated carbocycles. The van der Waals surface area contributed by atoms with Crippen LogP contribution < -0.4 is 0 Å². The Balaban J connectivity index is 3.14. The summed E-state index contributed by atoms with van der Waals surface area (Å²) < 4.78 is 0. The van der Waals surface area contributed by atoms with Gasteiger partial charge < -0.3 is 15.3 Å². The smallest absolute Gasteiger partial charge is 0.338 e. The van der Waals surface area contributed by atoms with Crippen LogP contribution in [0.25, 0.3) is 0 Å². The van der Waals surface area contributed by atoms with Crippen molar-refractivity contribution in [1.29, 1.82) is 0 Å². The Bertz CT molecular complexity index is 417. The molecule has 0 saturated heterocycles. The van der Waals surface area contributed by atoms with Crippen LogP contribution in [0.4, 0.5) is 0 Å². The fraction of sp³-hybridized carbons (Fsp3) is 0.300. The van der Waals surface area contributed by atoms with Crippen molar-refractivity contribution in [2.75, 3.05) is 0 Å². The van der Waals surface area contributed by atoms with E-state index >= 15 is 0 Å². The molecule has 0 radical (unpaired) electrons. The van der Waals surface area contributed by atoms with Crippen LogP contribution in [0.5, 0.6) is 0 Å². The van der Waals surface area contributed by atoms with Crippen molar-refractivity contribution in [1.82, 2.24) is 0 Å². The Labute approximate surface area is 102 Å². The number of aliphatic hydroxyl groups excluding tert-OH is 1. The maximum absolute atomic E-state index is 10.7. The second-order valence-corrected chi connectivity index (χ2v) is 4.36. The van der Waals surface area contributed by atoms with Gasteiger partial charge in [0.2, 0.25) is 0 Å². The quantitative estimate of drug-likeness (QED) is 0.779. The number of hydrogen-bond donors (Lipinski definition) is 3. The lowest BCUT2D eigenvalue weighted by Gasteiger charge is -2.25. The van der Waals surface area contributed by atoms with Crippen molar-refractivity contribution in [2.45, 2.75) is 18.6 Å². The molecule has 0 aliphatic rings. The highest BCUT2D eigenvalue weighted by molar-refractivity contribution is 6.35. The van der Waals surface area contributed by atoms with Gasteiger partial charge in [-0.3, -0.25) is 0 Å². The van der Waals surface area contributed by atoms with Crippen LogP contribution in [-0.2, 0) is 4.79 Å². The van der Waals surface area contributed by atoms with Gasteiger partial charge in [0, 0.05) is 15.6 Å². The Morgan fingerprint density at radius 3 is 2.44 bits per heavy atom. The fourth-order valence-electron chi connectivity index (χ4n) is 1.14. The van der Waals surface area contributed by atoms with Crippen LogP contribution in [0.3, 0.4) is 0 Å². The molecular formula is C10H10Cl2O4. The van der Waals surface area contributed by atoms with Crippen molar-refractivity contribution in [3.8, 4) is 0 Å². The highest BCUT2D eigenvalue weighted by atomic mass is 35.5. The third-order valence-corrected chi connectivity index (χ3v) is 2.78. The summed E-state index contributed by atoms with van der Waals surface area (Å²) in [6.07, 6.45) is -1.63. The zero-order valence-corrected chi connectivity index (χ0v) is 9.83. The van der Waals surface area contributed by atoms with Crippen molar-refractivity contribution < 1.29 is 20.1 Å². The van der Waals surface area contributed by atoms with Gasteiger partial charge in [-0.05, 0) is 19.1 Å². The summed E-state index contributed by atoms with van der Waals surface area (Å²) in [5, 5.41) is 28.5. The lowest BCUT2D eigenvalue weighted by Crippen LogP contribution is -2.41. The molecule has 16 heavy (non-hydrogen) atoms. The highest BCUT2D eigenvalue weighted by Gasteiger charge is 2.40. The standard InChI is InChI=1S/C10H10Cl2O4/c1-10(16,9(14)15)8(13)6-3-2-5(11)4-7(6)12/h2-4,8,13,16H,1H3,(H,14,15)/t8-,10?/m0/s1. The average molecular weight is 265 g/mol. The summed E-state index contributed by atoms with van der Waals surface area (Å²) in [5.74, 6) is -1.54. The molecule has 88 valence electrons. The topological polar surface area (TPSA) is 77.8 Å². The molecule has 2 atom stereocenters. The van der Waals surface area contributed by atoms with E-state index in [1.807, 2.05) is 0 Å². The SMILES string of the molecule is CC(O)(C(=O)O)[C@@H](O)c1ccc(Cl)cc1Cl. The van der Waals surface area contributed by atoms with Gasteiger partial charge in [0.25, 0.3) is 0 Å². The van der Waals surface area contributed by atoms with E-state index in [1.54, 1.807) is 0 Å². The summed E-state index contributed by atoms with van der Waals surface area (Å²) in [7, 11) is 0. The lowest BCUT2D eigenvalue weighted by molar-refractivity contribution is -0.169. The molecule has 0 bridgehead atoms. The number of carboxylic acid groups (broad SMARTS) is 1. The molecule has 0 aromatic heterocycles. The largest absolute Gasteiger partial charge is 0.479 e.